The van der Waals surface area contributed by atoms with Crippen molar-refractivity contribution in [2.45, 2.75) is 32.2 Å². The summed E-state index contributed by atoms with van der Waals surface area (Å²) in [6.07, 6.45) is 8.85. The van der Waals surface area contributed by atoms with Crippen LogP contribution in [0.25, 0.3) is 38.2 Å². The van der Waals surface area contributed by atoms with Crippen LogP contribution in [0.2, 0.25) is 0 Å². The molecule has 1 aliphatic carbocycles. The zero-order chi connectivity index (χ0) is 20.2. The zero-order valence-corrected chi connectivity index (χ0v) is 18.1. The summed E-state index contributed by atoms with van der Waals surface area (Å²) in [7, 11) is 4.21. The fourth-order valence-corrected chi connectivity index (χ4v) is 5.81. The van der Waals surface area contributed by atoms with Crippen LogP contribution in [0.3, 0.4) is 0 Å². The van der Waals surface area contributed by atoms with Crippen molar-refractivity contribution in [1.82, 2.24) is 29.0 Å². The molecular formula is C23H24N6S. The molecular weight excluding hydrogens is 392 g/mol. The Morgan fingerprint density at radius 3 is 2.90 bits per heavy atom. The first-order chi connectivity index (χ1) is 14.7. The van der Waals surface area contributed by atoms with Gasteiger partial charge in [0.25, 0.3) is 0 Å². The molecule has 4 aromatic heterocycles. The highest BCUT2D eigenvalue weighted by Crippen LogP contribution is 2.38. The molecule has 6 rings (SSSR count). The normalized spacial score (nSPS) is 14.4. The number of likely N-dealkylation sites (N-methyl/N-ethyl adjacent to an activating group) is 1. The lowest BCUT2D eigenvalue weighted by molar-refractivity contribution is 0.387. The summed E-state index contributed by atoms with van der Waals surface area (Å²) >= 11 is 1.83. The average Bonchev–Trinajstić information content (AvgIpc) is 3.44. The minimum absolute atomic E-state index is 0.778. The van der Waals surface area contributed by atoms with Crippen molar-refractivity contribution in [3.63, 3.8) is 0 Å². The van der Waals surface area contributed by atoms with Gasteiger partial charge in [-0.1, -0.05) is 18.2 Å². The van der Waals surface area contributed by atoms with Crippen molar-refractivity contribution >= 4 is 38.1 Å². The Morgan fingerprint density at radius 1 is 1.13 bits per heavy atom. The number of hydrogen-bond acceptors (Lipinski definition) is 5. The topological polar surface area (TPSA) is 51.2 Å². The Kier molecular flexibility index (Phi) is 4.14. The monoisotopic (exact) mass is 416 g/mol. The SMILES string of the molecule is CN(C)CCn1cc(-c2nc3c4c5c(sc4ncn3n2)CCCC5)c2ccccc21. The highest BCUT2D eigenvalue weighted by Gasteiger charge is 2.22. The average molecular weight is 417 g/mol. The third-order valence-electron chi connectivity index (χ3n) is 6.11. The zero-order valence-electron chi connectivity index (χ0n) is 17.3. The second-order valence-electron chi connectivity index (χ2n) is 8.40. The molecule has 1 aromatic carbocycles. The molecule has 0 amide bonds. The van der Waals surface area contributed by atoms with Crippen LogP contribution < -0.4 is 0 Å². The van der Waals surface area contributed by atoms with Gasteiger partial charge in [-0.2, -0.15) is 0 Å². The summed E-state index contributed by atoms with van der Waals surface area (Å²) in [4.78, 5) is 14.5. The van der Waals surface area contributed by atoms with Gasteiger partial charge in [0, 0.05) is 40.6 Å². The Bertz CT molecular complexity index is 1390. The molecule has 30 heavy (non-hydrogen) atoms. The predicted octanol–water partition coefficient (Wildman–Crippen LogP) is 4.40. The van der Waals surface area contributed by atoms with Gasteiger partial charge in [-0.15, -0.1) is 16.4 Å². The van der Waals surface area contributed by atoms with Crippen LogP contribution in [-0.4, -0.2) is 49.7 Å². The lowest BCUT2D eigenvalue weighted by Crippen LogP contribution is -2.17. The summed E-state index contributed by atoms with van der Waals surface area (Å²) in [6.45, 7) is 1.92. The van der Waals surface area contributed by atoms with Crippen LogP contribution in [0.4, 0.5) is 0 Å². The number of aromatic nitrogens is 5. The van der Waals surface area contributed by atoms with Gasteiger partial charge >= 0.3 is 0 Å². The molecule has 0 radical (unpaired) electrons. The van der Waals surface area contributed by atoms with E-state index in [9.17, 15) is 0 Å². The van der Waals surface area contributed by atoms with E-state index in [-0.39, 0.29) is 0 Å². The van der Waals surface area contributed by atoms with Crippen molar-refractivity contribution in [3.8, 4) is 11.4 Å². The van der Waals surface area contributed by atoms with Gasteiger partial charge in [-0.3, -0.25) is 0 Å². The lowest BCUT2D eigenvalue weighted by atomic mass is 9.97. The molecule has 0 saturated carbocycles. The smallest absolute Gasteiger partial charge is 0.184 e. The maximum Gasteiger partial charge on any atom is 0.184 e. The minimum atomic E-state index is 0.778. The van der Waals surface area contributed by atoms with E-state index in [1.807, 2.05) is 22.2 Å². The molecule has 1 aliphatic rings. The summed E-state index contributed by atoms with van der Waals surface area (Å²) < 4.78 is 4.18. The fraction of sp³-hybridized carbons (Fsp3) is 0.348. The number of hydrogen-bond donors (Lipinski definition) is 0. The van der Waals surface area contributed by atoms with Crippen molar-refractivity contribution in [1.29, 1.82) is 0 Å². The summed E-state index contributed by atoms with van der Waals surface area (Å²) in [5, 5.41) is 7.26. The standard InChI is InChI=1S/C23H24N6S/c1-27(2)11-12-28-13-17(15-7-3-5-9-18(15)28)21-25-22-20-16-8-4-6-10-19(16)30-23(20)24-14-29(22)26-21/h3,5,7,9,13-14H,4,6,8,10-12H2,1-2H3. The molecule has 0 aliphatic heterocycles. The molecule has 7 heteroatoms. The third-order valence-corrected chi connectivity index (χ3v) is 7.31. The Labute approximate surface area is 178 Å². The van der Waals surface area contributed by atoms with Gasteiger partial charge in [0.15, 0.2) is 11.5 Å². The van der Waals surface area contributed by atoms with Gasteiger partial charge in [0.2, 0.25) is 0 Å². The van der Waals surface area contributed by atoms with Crippen molar-refractivity contribution in [2.24, 2.45) is 0 Å². The second kappa shape index (κ2) is 6.89. The molecule has 0 spiro atoms. The lowest BCUT2D eigenvalue weighted by Gasteiger charge is -2.10. The number of para-hydroxylation sites is 1. The van der Waals surface area contributed by atoms with E-state index < -0.39 is 0 Å². The highest BCUT2D eigenvalue weighted by atomic mass is 32.1. The summed E-state index contributed by atoms with van der Waals surface area (Å²) in [5.41, 5.74) is 4.71. The van der Waals surface area contributed by atoms with E-state index in [1.54, 1.807) is 0 Å². The van der Waals surface area contributed by atoms with Crippen LogP contribution in [0.15, 0.2) is 36.8 Å². The molecule has 0 saturated heterocycles. The van der Waals surface area contributed by atoms with E-state index in [0.29, 0.717) is 0 Å². The van der Waals surface area contributed by atoms with E-state index >= 15 is 0 Å². The molecule has 0 N–H and O–H groups in total. The number of nitrogens with zero attached hydrogens (tertiary/aromatic N) is 6. The summed E-state index contributed by atoms with van der Waals surface area (Å²) in [5.74, 6) is 0.778. The van der Waals surface area contributed by atoms with Gasteiger partial charge in [-0.05, 0) is 51.4 Å². The van der Waals surface area contributed by atoms with Gasteiger partial charge in [0.1, 0.15) is 11.2 Å². The van der Waals surface area contributed by atoms with Crippen LogP contribution in [-0.2, 0) is 19.4 Å². The van der Waals surface area contributed by atoms with E-state index in [0.717, 1.165) is 41.4 Å². The highest BCUT2D eigenvalue weighted by molar-refractivity contribution is 7.19. The molecule has 0 unspecified atom stereocenters. The molecule has 6 nitrogen and oxygen atoms in total. The van der Waals surface area contributed by atoms with E-state index in [4.69, 9.17) is 15.1 Å². The van der Waals surface area contributed by atoms with E-state index in [2.05, 4.69) is 54.0 Å². The van der Waals surface area contributed by atoms with E-state index in [1.165, 1.54) is 46.0 Å². The number of benzene rings is 1. The summed E-state index contributed by atoms with van der Waals surface area (Å²) in [6, 6.07) is 8.54. The molecule has 4 heterocycles. The largest absolute Gasteiger partial charge is 0.345 e. The number of thiophene rings is 1. The van der Waals surface area contributed by atoms with Crippen molar-refractivity contribution in [3.05, 3.63) is 47.2 Å². The van der Waals surface area contributed by atoms with Crippen LogP contribution in [0.5, 0.6) is 0 Å². The van der Waals surface area contributed by atoms with Gasteiger partial charge in [0.05, 0.1) is 5.39 Å². The van der Waals surface area contributed by atoms with Crippen molar-refractivity contribution < 1.29 is 0 Å². The van der Waals surface area contributed by atoms with Crippen LogP contribution >= 0.6 is 11.3 Å². The first-order valence-corrected chi connectivity index (χ1v) is 11.4. The van der Waals surface area contributed by atoms with Crippen LogP contribution in [0, 0.1) is 0 Å². The quantitative estimate of drug-likeness (QED) is 0.436. The molecule has 0 bridgehead atoms. The number of fused-ring (bicyclic) bond motifs is 6. The Morgan fingerprint density at radius 2 is 2.00 bits per heavy atom. The Balaban J connectivity index is 1.54. The Hall–Kier alpha value is -2.77. The first-order valence-electron chi connectivity index (χ1n) is 10.6. The number of rotatable bonds is 4. The third kappa shape index (κ3) is 2.76. The fourth-order valence-electron chi connectivity index (χ4n) is 4.59. The maximum atomic E-state index is 5.04. The number of aryl methyl sites for hydroxylation is 2. The maximum absolute atomic E-state index is 5.04. The van der Waals surface area contributed by atoms with Gasteiger partial charge < -0.3 is 9.47 Å². The molecule has 5 aromatic rings. The first kappa shape index (κ1) is 18.0. The minimum Gasteiger partial charge on any atom is -0.345 e. The molecule has 0 fully saturated rings. The van der Waals surface area contributed by atoms with Gasteiger partial charge in [-0.25, -0.2) is 14.5 Å². The van der Waals surface area contributed by atoms with Crippen molar-refractivity contribution in [2.75, 3.05) is 20.6 Å². The predicted molar refractivity (Wildman–Crippen MR) is 122 cm³/mol. The molecule has 152 valence electrons. The second-order valence-corrected chi connectivity index (χ2v) is 9.48. The molecule has 0 atom stereocenters. The van der Waals surface area contributed by atoms with Crippen LogP contribution in [0.1, 0.15) is 23.3 Å².